The molecule has 2 heterocycles. The van der Waals surface area contributed by atoms with Crippen LogP contribution in [0, 0.1) is 5.92 Å². The number of carbonyl (C=O) groups excluding carboxylic acids is 1. The molecule has 1 aromatic heterocycles. The zero-order chi connectivity index (χ0) is 15.8. The number of H-pyrrole nitrogens is 1. The number of hydrogen-bond acceptors (Lipinski definition) is 3. The van der Waals surface area contributed by atoms with Gasteiger partial charge in [0.1, 0.15) is 11.4 Å². The van der Waals surface area contributed by atoms with Gasteiger partial charge in [0.25, 0.3) is 5.91 Å². The molecule has 2 aliphatic rings. The predicted molar refractivity (Wildman–Crippen MR) is 87.8 cm³/mol. The fraction of sp³-hybridized carbons (Fsp3) is 0.500. The number of hydrogen-bond donors (Lipinski definition) is 1. The molecule has 5 heteroatoms. The molecule has 1 saturated carbocycles. The molecule has 0 bridgehead atoms. The van der Waals surface area contributed by atoms with Crippen molar-refractivity contribution >= 4 is 16.8 Å². The Balaban J connectivity index is 1.58. The second kappa shape index (κ2) is 5.89. The van der Waals surface area contributed by atoms with Gasteiger partial charge in [-0.2, -0.15) is 0 Å². The van der Waals surface area contributed by atoms with E-state index in [2.05, 4.69) is 4.98 Å². The average molecular weight is 314 g/mol. The molecule has 1 atom stereocenters. The SMILES string of the molecule is COc1ccc2cc(C(=O)N(C[C@H]3CCOC3)C3CC3)[nH]c2c1. The Labute approximate surface area is 135 Å². The molecule has 2 aromatic rings. The molecule has 1 saturated heterocycles. The smallest absolute Gasteiger partial charge is 0.270 e. The summed E-state index contributed by atoms with van der Waals surface area (Å²) in [7, 11) is 1.65. The molecule has 1 amide bonds. The molecule has 1 N–H and O–H groups in total. The molecule has 4 rings (SSSR count). The number of ether oxygens (including phenoxy) is 2. The second-order valence-corrected chi connectivity index (χ2v) is 6.55. The standard InChI is InChI=1S/C18H22N2O3/c1-22-15-5-2-13-8-17(19-16(13)9-15)18(21)20(14-3-4-14)10-12-6-7-23-11-12/h2,5,8-9,12,14,19H,3-4,6-7,10-11H2,1H3/t12-/m1/s1. The van der Waals surface area contributed by atoms with Gasteiger partial charge in [-0.1, -0.05) is 0 Å². The lowest BCUT2D eigenvalue weighted by Gasteiger charge is -2.24. The van der Waals surface area contributed by atoms with E-state index in [4.69, 9.17) is 9.47 Å². The van der Waals surface area contributed by atoms with Crippen molar-refractivity contribution < 1.29 is 14.3 Å². The van der Waals surface area contributed by atoms with Crippen molar-refractivity contribution in [3.8, 4) is 5.75 Å². The first-order chi connectivity index (χ1) is 11.2. The van der Waals surface area contributed by atoms with Gasteiger partial charge in [0.05, 0.1) is 13.7 Å². The molecule has 0 unspecified atom stereocenters. The van der Waals surface area contributed by atoms with Crippen LogP contribution in [0.5, 0.6) is 5.75 Å². The summed E-state index contributed by atoms with van der Waals surface area (Å²) in [4.78, 5) is 18.3. The maximum absolute atomic E-state index is 13.0. The van der Waals surface area contributed by atoms with Crippen LogP contribution in [0.4, 0.5) is 0 Å². The van der Waals surface area contributed by atoms with Crippen LogP contribution in [0.3, 0.4) is 0 Å². The first-order valence-corrected chi connectivity index (χ1v) is 8.30. The van der Waals surface area contributed by atoms with E-state index in [1.54, 1.807) is 7.11 Å². The molecule has 0 spiro atoms. The fourth-order valence-electron chi connectivity index (χ4n) is 3.29. The summed E-state index contributed by atoms with van der Waals surface area (Å²) >= 11 is 0. The summed E-state index contributed by atoms with van der Waals surface area (Å²) in [5.41, 5.74) is 1.60. The van der Waals surface area contributed by atoms with Crippen LogP contribution >= 0.6 is 0 Å². The van der Waals surface area contributed by atoms with E-state index in [1.165, 1.54) is 0 Å². The number of carbonyl (C=O) groups is 1. The molecule has 0 radical (unpaired) electrons. The van der Waals surface area contributed by atoms with Crippen molar-refractivity contribution in [3.63, 3.8) is 0 Å². The van der Waals surface area contributed by atoms with Gasteiger partial charge in [-0.05, 0) is 37.5 Å². The molecule has 1 aliphatic heterocycles. The van der Waals surface area contributed by atoms with Crippen LogP contribution in [0.25, 0.3) is 10.9 Å². The monoisotopic (exact) mass is 314 g/mol. The zero-order valence-electron chi connectivity index (χ0n) is 13.4. The molecule has 122 valence electrons. The summed E-state index contributed by atoms with van der Waals surface area (Å²) in [5, 5.41) is 1.04. The van der Waals surface area contributed by atoms with Crippen molar-refractivity contribution in [2.75, 3.05) is 26.9 Å². The molecular formula is C18H22N2O3. The van der Waals surface area contributed by atoms with Gasteiger partial charge in [-0.3, -0.25) is 4.79 Å². The number of aromatic nitrogens is 1. The Hall–Kier alpha value is -2.01. The van der Waals surface area contributed by atoms with Crippen LogP contribution in [0.15, 0.2) is 24.3 Å². The van der Waals surface area contributed by atoms with Crippen LogP contribution in [-0.4, -0.2) is 48.7 Å². The number of methoxy groups -OCH3 is 1. The summed E-state index contributed by atoms with van der Waals surface area (Å²) in [6, 6.07) is 8.17. The fourth-order valence-corrected chi connectivity index (χ4v) is 3.29. The third kappa shape index (κ3) is 2.93. The van der Waals surface area contributed by atoms with Crippen molar-refractivity contribution in [3.05, 3.63) is 30.0 Å². The Bertz CT molecular complexity index is 714. The summed E-state index contributed by atoms with van der Waals surface area (Å²) in [6.45, 7) is 2.41. The summed E-state index contributed by atoms with van der Waals surface area (Å²) in [6.07, 6.45) is 3.29. The van der Waals surface area contributed by atoms with E-state index in [0.717, 1.165) is 55.7 Å². The molecule has 23 heavy (non-hydrogen) atoms. The van der Waals surface area contributed by atoms with E-state index >= 15 is 0 Å². The van der Waals surface area contributed by atoms with Crippen molar-refractivity contribution in [2.24, 2.45) is 5.92 Å². The van der Waals surface area contributed by atoms with Gasteiger partial charge in [-0.15, -0.1) is 0 Å². The highest BCUT2D eigenvalue weighted by atomic mass is 16.5. The van der Waals surface area contributed by atoms with E-state index in [1.807, 2.05) is 29.2 Å². The second-order valence-electron chi connectivity index (χ2n) is 6.55. The van der Waals surface area contributed by atoms with E-state index in [0.29, 0.717) is 17.7 Å². The van der Waals surface area contributed by atoms with E-state index in [-0.39, 0.29) is 5.91 Å². The normalized spacial score (nSPS) is 20.8. The van der Waals surface area contributed by atoms with Crippen LogP contribution in [0.2, 0.25) is 0 Å². The lowest BCUT2D eigenvalue weighted by molar-refractivity contribution is 0.0701. The Morgan fingerprint density at radius 3 is 2.91 bits per heavy atom. The summed E-state index contributed by atoms with van der Waals surface area (Å²) in [5.74, 6) is 1.37. The Morgan fingerprint density at radius 1 is 1.35 bits per heavy atom. The van der Waals surface area contributed by atoms with Crippen molar-refractivity contribution in [1.29, 1.82) is 0 Å². The third-order valence-electron chi connectivity index (χ3n) is 4.79. The molecule has 1 aromatic carbocycles. The number of rotatable bonds is 5. The topological polar surface area (TPSA) is 54.6 Å². The number of fused-ring (bicyclic) bond motifs is 1. The lowest BCUT2D eigenvalue weighted by Crippen LogP contribution is -2.37. The van der Waals surface area contributed by atoms with E-state index < -0.39 is 0 Å². The molecular weight excluding hydrogens is 292 g/mol. The highest BCUT2D eigenvalue weighted by molar-refractivity contribution is 5.98. The molecule has 1 aliphatic carbocycles. The van der Waals surface area contributed by atoms with Gasteiger partial charge in [0.15, 0.2) is 0 Å². The Kier molecular flexibility index (Phi) is 3.73. The molecule has 5 nitrogen and oxygen atoms in total. The number of nitrogens with one attached hydrogen (secondary N) is 1. The van der Waals surface area contributed by atoms with Gasteiger partial charge >= 0.3 is 0 Å². The number of amides is 1. The van der Waals surface area contributed by atoms with Gasteiger partial charge in [-0.25, -0.2) is 0 Å². The van der Waals surface area contributed by atoms with E-state index in [9.17, 15) is 4.79 Å². The maximum Gasteiger partial charge on any atom is 0.270 e. The minimum atomic E-state index is 0.106. The predicted octanol–water partition coefficient (Wildman–Crippen LogP) is 2.82. The number of nitrogens with zero attached hydrogens (tertiary/aromatic N) is 1. The quantitative estimate of drug-likeness (QED) is 0.923. The first-order valence-electron chi connectivity index (χ1n) is 8.30. The summed E-state index contributed by atoms with van der Waals surface area (Å²) < 4.78 is 10.7. The van der Waals surface area contributed by atoms with Gasteiger partial charge < -0.3 is 19.4 Å². The average Bonchev–Trinajstić information content (AvgIpc) is 3.11. The zero-order valence-corrected chi connectivity index (χ0v) is 13.4. The van der Waals surface area contributed by atoms with Crippen LogP contribution in [-0.2, 0) is 4.74 Å². The largest absolute Gasteiger partial charge is 0.497 e. The van der Waals surface area contributed by atoms with Gasteiger partial charge in [0, 0.05) is 42.1 Å². The van der Waals surface area contributed by atoms with Gasteiger partial charge in [0.2, 0.25) is 0 Å². The minimum Gasteiger partial charge on any atom is -0.497 e. The number of benzene rings is 1. The number of aromatic amines is 1. The maximum atomic E-state index is 13.0. The first kappa shape index (κ1) is 14.6. The highest BCUT2D eigenvalue weighted by Gasteiger charge is 2.35. The highest BCUT2D eigenvalue weighted by Crippen LogP contribution is 2.31. The van der Waals surface area contributed by atoms with Crippen molar-refractivity contribution in [1.82, 2.24) is 9.88 Å². The van der Waals surface area contributed by atoms with Crippen LogP contribution < -0.4 is 4.74 Å². The Morgan fingerprint density at radius 2 is 2.22 bits per heavy atom. The minimum absolute atomic E-state index is 0.106. The lowest BCUT2D eigenvalue weighted by atomic mass is 10.1. The third-order valence-corrected chi connectivity index (χ3v) is 4.79. The van der Waals surface area contributed by atoms with Crippen molar-refractivity contribution in [2.45, 2.75) is 25.3 Å². The van der Waals surface area contributed by atoms with Crippen LogP contribution in [0.1, 0.15) is 29.8 Å². The molecule has 2 fully saturated rings.